The van der Waals surface area contributed by atoms with Gasteiger partial charge >= 0.3 is 0 Å². The van der Waals surface area contributed by atoms with E-state index in [0.29, 0.717) is 23.1 Å². The van der Waals surface area contributed by atoms with E-state index < -0.39 is 0 Å². The first-order valence-electron chi connectivity index (χ1n) is 7.14. The van der Waals surface area contributed by atoms with Gasteiger partial charge in [-0.2, -0.15) is 0 Å². The Balaban J connectivity index is 1.49. The minimum Gasteiger partial charge on any atom is -0.459 e. The quantitative estimate of drug-likeness (QED) is 0.651. The highest BCUT2D eigenvalue weighted by Crippen LogP contribution is 2.24. The van der Waals surface area contributed by atoms with Crippen LogP contribution in [0.5, 0.6) is 0 Å². The standard InChI is InChI=1S/C16H14ClN3O2S2/c1-10-19-20-16(24-10)23-9-15(21)18-8-13-6-7-14(22-13)11-2-4-12(17)5-3-11/h2-7H,8-9H2,1H3,(H,18,21). The lowest BCUT2D eigenvalue weighted by molar-refractivity contribution is -0.118. The van der Waals surface area contributed by atoms with Crippen molar-refractivity contribution in [2.45, 2.75) is 17.8 Å². The summed E-state index contributed by atoms with van der Waals surface area (Å²) in [6.07, 6.45) is 0. The van der Waals surface area contributed by atoms with E-state index in [1.165, 1.54) is 23.1 Å². The average Bonchev–Trinajstić information content (AvgIpc) is 3.21. The molecule has 0 radical (unpaired) electrons. The van der Waals surface area contributed by atoms with Crippen LogP contribution in [-0.2, 0) is 11.3 Å². The summed E-state index contributed by atoms with van der Waals surface area (Å²) in [4.78, 5) is 11.9. The number of halogens is 1. The Kier molecular flexibility index (Phi) is 5.55. The average molecular weight is 380 g/mol. The SMILES string of the molecule is Cc1nnc(SCC(=O)NCc2ccc(-c3ccc(Cl)cc3)o2)s1. The van der Waals surface area contributed by atoms with E-state index in [4.69, 9.17) is 16.0 Å². The largest absolute Gasteiger partial charge is 0.459 e. The molecule has 0 aliphatic heterocycles. The first kappa shape index (κ1) is 17.0. The van der Waals surface area contributed by atoms with Crippen LogP contribution in [0, 0.1) is 6.92 Å². The van der Waals surface area contributed by atoms with E-state index >= 15 is 0 Å². The van der Waals surface area contributed by atoms with Gasteiger partial charge in [-0.05, 0) is 43.3 Å². The number of hydrogen-bond donors (Lipinski definition) is 1. The summed E-state index contributed by atoms with van der Waals surface area (Å²) in [5.74, 6) is 1.68. The van der Waals surface area contributed by atoms with E-state index in [1.807, 2.05) is 43.3 Å². The topological polar surface area (TPSA) is 68.0 Å². The lowest BCUT2D eigenvalue weighted by Gasteiger charge is -2.02. The van der Waals surface area contributed by atoms with Crippen molar-refractivity contribution in [2.75, 3.05) is 5.75 Å². The number of carbonyl (C=O) groups excluding carboxylic acids is 1. The maximum absolute atomic E-state index is 11.9. The zero-order valence-electron chi connectivity index (χ0n) is 12.8. The normalized spacial score (nSPS) is 10.8. The van der Waals surface area contributed by atoms with Gasteiger partial charge in [-0.15, -0.1) is 10.2 Å². The molecule has 124 valence electrons. The van der Waals surface area contributed by atoms with Crippen molar-refractivity contribution in [3.63, 3.8) is 0 Å². The van der Waals surface area contributed by atoms with E-state index in [-0.39, 0.29) is 5.91 Å². The third-order valence-corrected chi connectivity index (χ3v) is 5.31. The highest BCUT2D eigenvalue weighted by molar-refractivity contribution is 8.01. The van der Waals surface area contributed by atoms with Gasteiger partial charge in [-0.1, -0.05) is 34.7 Å². The molecule has 2 aromatic heterocycles. The Labute approximate surface area is 152 Å². The van der Waals surface area contributed by atoms with Crippen molar-refractivity contribution in [2.24, 2.45) is 0 Å². The number of amides is 1. The number of thioether (sulfide) groups is 1. The van der Waals surface area contributed by atoms with Gasteiger partial charge in [-0.3, -0.25) is 4.79 Å². The van der Waals surface area contributed by atoms with E-state index in [1.54, 1.807) is 0 Å². The molecule has 0 aliphatic rings. The zero-order valence-corrected chi connectivity index (χ0v) is 15.2. The molecule has 0 unspecified atom stereocenters. The Morgan fingerprint density at radius 1 is 1.25 bits per heavy atom. The van der Waals surface area contributed by atoms with Crippen LogP contribution in [-0.4, -0.2) is 21.9 Å². The highest BCUT2D eigenvalue weighted by atomic mass is 35.5. The van der Waals surface area contributed by atoms with Crippen LogP contribution in [0.25, 0.3) is 11.3 Å². The summed E-state index contributed by atoms with van der Waals surface area (Å²) >= 11 is 8.73. The number of nitrogens with zero attached hydrogens (tertiary/aromatic N) is 2. The Hall–Kier alpha value is -1.83. The lowest BCUT2D eigenvalue weighted by atomic mass is 10.2. The first-order chi connectivity index (χ1) is 11.6. The molecule has 1 aromatic carbocycles. The van der Waals surface area contributed by atoms with Crippen molar-refractivity contribution in [3.05, 3.63) is 52.2 Å². The van der Waals surface area contributed by atoms with Crippen LogP contribution in [0.2, 0.25) is 5.02 Å². The molecule has 24 heavy (non-hydrogen) atoms. The van der Waals surface area contributed by atoms with Gasteiger partial charge in [0.2, 0.25) is 5.91 Å². The molecule has 2 heterocycles. The molecule has 0 saturated carbocycles. The van der Waals surface area contributed by atoms with Gasteiger partial charge in [0.15, 0.2) is 4.34 Å². The molecule has 0 fully saturated rings. The highest BCUT2D eigenvalue weighted by Gasteiger charge is 2.09. The summed E-state index contributed by atoms with van der Waals surface area (Å²) < 4.78 is 6.54. The van der Waals surface area contributed by atoms with Crippen molar-refractivity contribution < 1.29 is 9.21 Å². The molecule has 8 heteroatoms. The second-order valence-corrected chi connectivity index (χ2v) is 7.77. The molecule has 0 spiro atoms. The monoisotopic (exact) mass is 379 g/mol. The number of furan rings is 1. The molecule has 0 saturated heterocycles. The summed E-state index contributed by atoms with van der Waals surface area (Å²) in [7, 11) is 0. The molecule has 5 nitrogen and oxygen atoms in total. The Morgan fingerprint density at radius 2 is 2.04 bits per heavy atom. The minimum absolute atomic E-state index is 0.0719. The molecule has 3 aromatic rings. The minimum atomic E-state index is -0.0719. The smallest absolute Gasteiger partial charge is 0.230 e. The second kappa shape index (κ2) is 7.83. The zero-order chi connectivity index (χ0) is 16.9. The maximum Gasteiger partial charge on any atom is 0.230 e. The fraction of sp³-hybridized carbons (Fsp3) is 0.188. The van der Waals surface area contributed by atoms with Gasteiger partial charge in [-0.25, -0.2) is 0 Å². The van der Waals surface area contributed by atoms with Crippen molar-refractivity contribution in [3.8, 4) is 11.3 Å². The van der Waals surface area contributed by atoms with Crippen LogP contribution in [0.1, 0.15) is 10.8 Å². The molecule has 3 rings (SSSR count). The van der Waals surface area contributed by atoms with Gasteiger partial charge in [0.1, 0.15) is 16.5 Å². The number of aromatic nitrogens is 2. The van der Waals surface area contributed by atoms with Crippen LogP contribution in [0.15, 0.2) is 45.2 Å². The van der Waals surface area contributed by atoms with Crippen molar-refractivity contribution >= 4 is 40.6 Å². The fourth-order valence-electron chi connectivity index (χ4n) is 1.94. The first-order valence-corrected chi connectivity index (χ1v) is 9.32. The Bertz CT molecular complexity index is 830. The molecular formula is C16H14ClN3O2S2. The van der Waals surface area contributed by atoms with Crippen molar-refractivity contribution in [1.82, 2.24) is 15.5 Å². The Morgan fingerprint density at radius 3 is 2.75 bits per heavy atom. The van der Waals surface area contributed by atoms with Crippen LogP contribution < -0.4 is 5.32 Å². The van der Waals surface area contributed by atoms with Gasteiger partial charge < -0.3 is 9.73 Å². The molecular weight excluding hydrogens is 366 g/mol. The molecule has 0 bridgehead atoms. The van der Waals surface area contributed by atoms with Gasteiger partial charge in [0.05, 0.1) is 12.3 Å². The molecule has 0 atom stereocenters. The summed E-state index contributed by atoms with van der Waals surface area (Å²) in [5, 5.41) is 12.3. The number of hydrogen-bond acceptors (Lipinski definition) is 6. The second-order valence-electron chi connectivity index (χ2n) is 4.93. The van der Waals surface area contributed by atoms with Gasteiger partial charge in [0.25, 0.3) is 0 Å². The number of carbonyl (C=O) groups is 1. The molecule has 1 amide bonds. The predicted octanol–water partition coefficient (Wildman–Crippen LogP) is 4.17. The third-order valence-electron chi connectivity index (χ3n) is 3.08. The predicted molar refractivity (Wildman–Crippen MR) is 96.4 cm³/mol. The number of aryl methyl sites for hydroxylation is 1. The summed E-state index contributed by atoms with van der Waals surface area (Å²) in [6, 6.07) is 11.1. The maximum atomic E-state index is 11.9. The summed E-state index contributed by atoms with van der Waals surface area (Å²) in [6.45, 7) is 2.24. The van der Waals surface area contributed by atoms with E-state index in [0.717, 1.165) is 20.7 Å². The number of rotatable bonds is 6. The van der Waals surface area contributed by atoms with Gasteiger partial charge in [0, 0.05) is 10.6 Å². The summed E-state index contributed by atoms with van der Waals surface area (Å²) in [5.41, 5.74) is 0.944. The number of benzene rings is 1. The van der Waals surface area contributed by atoms with E-state index in [2.05, 4.69) is 15.5 Å². The molecule has 0 aliphatic carbocycles. The van der Waals surface area contributed by atoms with Crippen LogP contribution >= 0.6 is 34.7 Å². The molecule has 1 N–H and O–H groups in total. The van der Waals surface area contributed by atoms with E-state index in [9.17, 15) is 4.79 Å². The van der Waals surface area contributed by atoms with Crippen LogP contribution in [0.3, 0.4) is 0 Å². The fourth-order valence-corrected chi connectivity index (χ4v) is 3.71. The third kappa shape index (κ3) is 4.59. The lowest BCUT2D eigenvalue weighted by Crippen LogP contribution is -2.24. The number of nitrogens with one attached hydrogen (secondary N) is 1. The van der Waals surface area contributed by atoms with Crippen molar-refractivity contribution in [1.29, 1.82) is 0 Å². The van der Waals surface area contributed by atoms with Crippen LogP contribution in [0.4, 0.5) is 0 Å².